The summed E-state index contributed by atoms with van der Waals surface area (Å²) in [4.78, 5) is 17.2. The summed E-state index contributed by atoms with van der Waals surface area (Å²) in [6.45, 7) is 5.72. The fourth-order valence-electron chi connectivity index (χ4n) is 5.29. The van der Waals surface area contributed by atoms with Gasteiger partial charge in [0.1, 0.15) is 0 Å². The molecule has 2 unspecified atom stereocenters. The first-order chi connectivity index (χ1) is 11.2. The Bertz CT molecular complexity index is 376. The van der Waals surface area contributed by atoms with Crippen LogP contribution in [0.5, 0.6) is 0 Å². The Morgan fingerprint density at radius 2 is 1.48 bits per heavy atom. The summed E-state index contributed by atoms with van der Waals surface area (Å²) >= 11 is 0. The third-order valence-electron chi connectivity index (χ3n) is 6.41. The van der Waals surface area contributed by atoms with Crippen molar-refractivity contribution < 1.29 is 4.79 Å². The lowest BCUT2D eigenvalue weighted by Crippen LogP contribution is -2.61. The molecule has 23 heavy (non-hydrogen) atoms. The number of amides is 2. The third-order valence-corrected chi connectivity index (χ3v) is 6.41. The number of carbonyl (C=O) groups is 1. The quantitative estimate of drug-likeness (QED) is 0.856. The van der Waals surface area contributed by atoms with Gasteiger partial charge < -0.3 is 10.2 Å². The topological polar surface area (TPSA) is 35.6 Å². The molecule has 2 aliphatic heterocycles. The molecule has 2 bridgehead atoms. The molecule has 0 radical (unpaired) electrons. The second-order valence-corrected chi connectivity index (χ2v) is 7.77. The molecule has 2 atom stereocenters. The molecule has 132 valence electrons. The van der Waals surface area contributed by atoms with Crippen molar-refractivity contribution in [3.8, 4) is 0 Å². The molecule has 0 aromatic rings. The minimum atomic E-state index is 0.143. The summed E-state index contributed by atoms with van der Waals surface area (Å²) in [6, 6.07) is 2.79. The first-order valence-corrected chi connectivity index (χ1v) is 10.1. The van der Waals surface area contributed by atoms with Crippen LogP contribution in [0, 0.1) is 0 Å². The fourth-order valence-corrected chi connectivity index (χ4v) is 5.29. The van der Waals surface area contributed by atoms with Crippen LogP contribution in [-0.4, -0.2) is 53.1 Å². The number of rotatable bonds is 4. The molecule has 4 nitrogen and oxygen atoms in total. The van der Waals surface area contributed by atoms with Gasteiger partial charge in [0.15, 0.2) is 0 Å². The molecule has 3 rings (SSSR count). The minimum Gasteiger partial charge on any atom is -0.335 e. The van der Waals surface area contributed by atoms with Gasteiger partial charge in [-0.15, -0.1) is 0 Å². The molecular formula is C19H35N3O. The van der Waals surface area contributed by atoms with E-state index < -0.39 is 0 Å². The first-order valence-electron chi connectivity index (χ1n) is 10.1. The van der Waals surface area contributed by atoms with E-state index in [9.17, 15) is 4.79 Å². The molecule has 3 fully saturated rings. The molecule has 1 N–H and O–H groups in total. The van der Waals surface area contributed by atoms with E-state index in [4.69, 9.17) is 0 Å². The van der Waals surface area contributed by atoms with E-state index in [1.54, 1.807) is 0 Å². The Balaban J connectivity index is 1.60. The zero-order valence-corrected chi connectivity index (χ0v) is 15.1. The number of carbonyl (C=O) groups excluding carboxylic acids is 1. The normalized spacial score (nSPS) is 32.5. The second kappa shape index (κ2) is 7.87. The molecule has 1 aliphatic carbocycles. The van der Waals surface area contributed by atoms with Crippen LogP contribution in [0.3, 0.4) is 0 Å². The molecule has 2 heterocycles. The van der Waals surface area contributed by atoms with Crippen molar-refractivity contribution in [2.24, 2.45) is 0 Å². The predicted molar refractivity (Wildman–Crippen MR) is 94.6 cm³/mol. The number of piperidine rings is 2. The summed E-state index contributed by atoms with van der Waals surface area (Å²) < 4.78 is 0. The number of nitrogens with one attached hydrogen (secondary N) is 1. The van der Waals surface area contributed by atoms with Gasteiger partial charge >= 0.3 is 6.03 Å². The average molecular weight is 322 g/mol. The molecule has 0 spiro atoms. The molecule has 0 aromatic carbocycles. The van der Waals surface area contributed by atoms with Gasteiger partial charge in [-0.3, -0.25) is 4.90 Å². The standard InChI is InChI=1S/C19H35N3O/c1-3-21(4-2)19(23)20-15-13-17-11-8-12-18(14-15)22(17)16-9-6-5-7-10-16/h15-18H,3-14H2,1-2H3,(H,20,23). The van der Waals surface area contributed by atoms with Crippen LogP contribution in [0.4, 0.5) is 4.79 Å². The van der Waals surface area contributed by atoms with Crippen molar-refractivity contribution in [3.05, 3.63) is 0 Å². The van der Waals surface area contributed by atoms with Gasteiger partial charge in [-0.25, -0.2) is 4.79 Å². The maximum absolute atomic E-state index is 12.4. The number of fused-ring (bicyclic) bond motifs is 2. The van der Waals surface area contributed by atoms with Gasteiger partial charge in [-0.2, -0.15) is 0 Å². The third kappa shape index (κ3) is 3.84. The van der Waals surface area contributed by atoms with Crippen LogP contribution in [0.2, 0.25) is 0 Å². The van der Waals surface area contributed by atoms with Crippen LogP contribution in [0.15, 0.2) is 0 Å². The van der Waals surface area contributed by atoms with E-state index in [2.05, 4.69) is 24.1 Å². The Morgan fingerprint density at radius 1 is 0.913 bits per heavy atom. The maximum Gasteiger partial charge on any atom is 0.317 e. The lowest BCUT2D eigenvalue weighted by Gasteiger charge is -2.53. The van der Waals surface area contributed by atoms with Crippen molar-refractivity contribution in [1.82, 2.24) is 15.1 Å². The van der Waals surface area contributed by atoms with Crippen molar-refractivity contribution in [2.75, 3.05) is 13.1 Å². The highest BCUT2D eigenvalue weighted by Gasteiger charge is 2.42. The van der Waals surface area contributed by atoms with Gasteiger partial charge in [0.2, 0.25) is 0 Å². The van der Waals surface area contributed by atoms with E-state index in [0.717, 1.165) is 19.1 Å². The number of hydrogen-bond donors (Lipinski definition) is 1. The van der Waals surface area contributed by atoms with Gasteiger partial charge in [-0.05, 0) is 52.4 Å². The van der Waals surface area contributed by atoms with E-state index >= 15 is 0 Å². The van der Waals surface area contributed by atoms with Crippen LogP contribution >= 0.6 is 0 Å². The summed E-state index contributed by atoms with van der Waals surface area (Å²) in [5.74, 6) is 0. The van der Waals surface area contributed by atoms with E-state index in [1.807, 2.05) is 4.90 Å². The Kier molecular flexibility index (Phi) is 5.84. The molecular weight excluding hydrogens is 286 g/mol. The van der Waals surface area contributed by atoms with Gasteiger partial charge in [0, 0.05) is 37.3 Å². The van der Waals surface area contributed by atoms with Crippen LogP contribution in [0.25, 0.3) is 0 Å². The van der Waals surface area contributed by atoms with Crippen molar-refractivity contribution in [2.45, 2.75) is 102 Å². The summed E-state index contributed by atoms with van der Waals surface area (Å²) in [5.41, 5.74) is 0. The number of nitrogens with zero attached hydrogens (tertiary/aromatic N) is 2. The molecule has 1 saturated carbocycles. The highest BCUT2D eigenvalue weighted by molar-refractivity contribution is 5.74. The van der Waals surface area contributed by atoms with Crippen LogP contribution in [0.1, 0.15) is 78.1 Å². The SMILES string of the molecule is CCN(CC)C(=O)NC1CC2CCCC(C1)N2C1CCCCC1. The zero-order valence-electron chi connectivity index (χ0n) is 15.1. The molecule has 0 aromatic heterocycles. The lowest BCUT2D eigenvalue weighted by atomic mass is 9.78. The molecule has 2 saturated heterocycles. The van der Waals surface area contributed by atoms with Crippen molar-refractivity contribution >= 4 is 6.03 Å². The van der Waals surface area contributed by atoms with Gasteiger partial charge in [0.05, 0.1) is 0 Å². The number of urea groups is 1. The van der Waals surface area contributed by atoms with E-state index in [1.165, 1.54) is 64.2 Å². The Hall–Kier alpha value is -0.770. The summed E-state index contributed by atoms with van der Waals surface area (Å²) in [6.07, 6.45) is 13.5. The largest absolute Gasteiger partial charge is 0.335 e. The zero-order chi connectivity index (χ0) is 16.2. The van der Waals surface area contributed by atoms with Crippen LogP contribution < -0.4 is 5.32 Å². The molecule has 2 amide bonds. The van der Waals surface area contributed by atoms with Crippen molar-refractivity contribution in [1.29, 1.82) is 0 Å². The second-order valence-electron chi connectivity index (χ2n) is 7.77. The van der Waals surface area contributed by atoms with Gasteiger partial charge in [0.25, 0.3) is 0 Å². The average Bonchev–Trinajstić information content (AvgIpc) is 2.56. The fraction of sp³-hybridized carbons (Fsp3) is 0.947. The maximum atomic E-state index is 12.4. The molecule has 4 heteroatoms. The monoisotopic (exact) mass is 321 g/mol. The van der Waals surface area contributed by atoms with Gasteiger partial charge in [-0.1, -0.05) is 25.7 Å². The summed E-state index contributed by atoms with van der Waals surface area (Å²) in [7, 11) is 0. The van der Waals surface area contributed by atoms with E-state index in [-0.39, 0.29) is 6.03 Å². The van der Waals surface area contributed by atoms with Crippen molar-refractivity contribution in [3.63, 3.8) is 0 Å². The first kappa shape index (κ1) is 17.1. The smallest absolute Gasteiger partial charge is 0.317 e. The minimum absolute atomic E-state index is 0.143. The highest BCUT2D eigenvalue weighted by atomic mass is 16.2. The van der Waals surface area contributed by atoms with Crippen LogP contribution in [-0.2, 0) is 0 Å². The Labute approximate surface area is 142 Å². The summed E-state index contributed by atoms with van der Waals surface area (Å²) in [5, 5.41) is 3.33. The highest BCUT2D eigenvalue weighted by Crippen LogP contribution is 2.39. The number of hydrogen-bond acceptors (Lipinski definition) is 2. The lowest BCUT2D eigenvalue weighted by molar-refractivity contribution is -0.0209. The molecule has 3 aliphatic rings. The Morgan fingerprint density at radius 3 is 2.04 bits per heavy atom. The predicted octanol–water partition coefficient (Wildman–Crippen LogP) is 3.76. The van der Waals surface area contributed by atoms with E-state index in [0.29, 0.717) is 18.1 Å².